The highest BCUT2D eigenvalue weighted by molar-refractivity contribution is 5.88. The second kappa shape index (κ2) is 20.5. The molecule has 0 saturated carbocycles. The largest absolute Gasteiger partial charge is 0.492 e. The van der Waals surface area contributed by atoms with E-state index in [9.17, 15) is 9.59 Å². The van der Waals surface area contributed by atoms with Gasteiger partial charge in [0.25, 0.3) is 0 Å². The van der Waals surface area contributed by atoms with Crippen molar-refractivity contribution in [2.45, 2.75) is 92.0 Å². The number of amides is 2. The molecule has 42 heavy (non-hydrogen) atoms. The average molecular weight is 581 g/mol. The molecule has 1 aliphatic heterocycles. The molecule has 2 amide bonds. The molecule has 7 heteroatoms. The molecule has 2 aromatic rings. The van der Waals surface area contributed by atoms with Gasteiger partial charge in [-0.2, -0.15) is 0 Å². The summed E-state index contributed by atoms with van der Waals surface area (Å²) in [6, 6.07) is 16.2. The Morgan fingerprint density at radius 2 is 1.67 bits per heavy atom. The zero-order chi connectivity index (χ0) is 31.4. The predicted octanol–water partition coefficient (Wildman–Crippen LogP) is 5.81. The molecule has 0 spiro atoms. The van der Waals surface area contributed by atoms with Crippen LogP contribution in [0.1, 0.15) is 83.9 Å². The Morgan fingerprint density at radius 1 is 0.952 bits per heavy atom. The fourth-order valence-electron chi connectivity index (χ4n) is 4.12. The SMILES string of the molecule is C=C1CNCCOc2ccccc2CCCNC(=O)C(CCC)NC(=O)CN1.CCC.Cc1cccc(C(C)(C)C)c1. The van der Waals surface area contributed by atoms with Crippen molar-refractivity contribution < 1.29 is 14.3 Å². The zero-order valence-corrected chi connectivity index (χ0v) is 27.2. The van der Waals surface area contributed by atoms with Crippen molar-refractivity contribution in [3.8, 4) is 5.75 Å². The van der Waals surface area contributed by atoms with E-state index >= 15 is 0 Å². The van der Waals surface area contributed by atoms with Crippen LogP contribution in [-0.2, 0) is 21.4 Å². The summed E-state index contributed by atoms with van der Waals surface area (Å²) in [7, 11) is 0. The van der Waals surface area contributed by atoms with Crippen LogP contribution in [-0.4, -0.2) is 50.6 Å². The van der Waals surface area contributed by atoms with Crippen LogP contribution < -0.4 is 26.0 Å². The van der Waals surface area contributed by atoms with Gasteiger partial charge in [-0.15, -0.1) is 0 Å². The quantitative estimate of drug-likeness (QED) is 0.360. The first-order valence-electron chi connectivity index (χ1n) is 15.5. The third-order valence-electron chi connectivity index (χ3n) is 6.38. The second-order valence-corrected chi connectivity index (χ2v) is 11.7. The first-order chi connectivity index (χ1) is 20.0. The van der Waals surface area contributed by atoms with E-state index in [-0.39, 0.29) is 23.8 Å². The minimum atomic E-state index is -0.514. The maximum absolute atomic E-state index is 12.5. The molecule has 7 nitrogen and oxygen atoms in total. The van der Waals surface area contributed by atoms with Gasteiger partial charge in [0.15, 0.2) is 0 Å². The number of fused-ring (bicyclic) bond motifs is 1. The van der Waals surface area contributed by atoms with E-state index in [0.29, 0.717) is 38.4 Å². The number of carbonyl (C=O) groups excluding carboxylic acids is 2. The Kier molecular flexibility index (Phi) is 18.0. The lowest BCUT2D eigenvalue weighted by atomic mass is 9.86. The van der Waals surface area contributed by atoms with E-state index in [2.05, 4.69) is 99.7 Å². The van der Waals surface area contributed by atoms with Crippen molar-refractivity contribution in [1.29, 1.82) is 0 Å². The second-order valence-electron chi connectivity index (χ2n) is 11.7. The van der Waals surface area contributed by atoms with Gasteiger partial charge in [0.05, 0.1) is 6.54 Å². The van der Waals surface area contributed by atoms with Gasteiger partial charge in [-0.3, -0.25) is 9.59 Å². The molecule has 1 unspecified atom stereocenters. The van der Waals surface area contributed by atoms with Crippen LogP contribution in [0.2, 0.25) is 0 Å². The number of hydrogen-bond acceptors (Lipinski definition) is 5. The van der Waals surface area contributed by atoms with Crippen LogP contribution in [0.3, 0.4) is 0 Å². The molecule has 0 aromatic heterocycles. The van der Waals surface area contributed by atoms with Crippen LogP contribution in [0.25, 0.3) is 0 Å². The molecule has 4 N–H and O–H groups in total. The Labute approximate surface area is 255 Å². The van der Waals surface area contributed by atoms with Crippen molar-refractivity contribution in [3.63, 3.8) is 0 Å². The van der Waals surface area contributed by atoms with Gasteiger partial charge in [-0.05, 0) is 48.8 Å². The highest BCUT2D eigenvalue weighted by atomic mass is 16.5. The summed E-state index contributed by atoms with van der Waals surface area (Å²) in [5, 5.41) is 12.0. The van der Waals surface area contributed by atoms with Gasteiger partial charge in [0.1, 0.15) is 18.4 Å². The minimum absolute atomic E-state index is 0.0951. The first kappa shape index (κ1) is 36.7. The topological polar surface area (TPSA) is 91.5 Å². The third-order valence-corrected chi connectivity index (χ3v) is 6.38. The van der Waals surface area contributed by atoms with Gasteiger partial charge in [-0.25, -0.2) is 0 Å². The number of benzene rings is 2. The third kappa shape index (κ3) is 15.6. The molecule has 234 valence electrons. The molecule has 0 aliphatic carbocycles. The molecular formula is C35H56N4O3. The van der Waals surface area contributed by atoms with Gasteiger partial charge < -0.3 is 26.0 Å². The van der Waals surface area contributed by atoms with Gasteiger partial charge in [0, 0.05) is 25.3 Å². The van der Waals surface area contributed by atoms with E-state index in [1.807, 2.05) is 25.1 Å². The summed E-state index contributed by atoms with van der Waals surface area (Å²) < 4.78 is 5.89. The number of hydrogen-bond donors (Lipinski definition) is 4. The van der Waals surface area contributed by atoms with E-state index < -0.39 is 6.04 Å². The Balaban J connectivity index is 0.000000520. The molecule has 0 fully saturated rings. The van der Waals surface area contributed by atoms with Crippen LogP contribution in [0.15, 0.2) is 60.8 Å². The maximum atomic E-state index is 12.5. The number of carbonyl (C=O) groups is 2. The summed E-state index contributed by atoms with van der Waals surface area (Å²) in [4.78, 5) is 24.6. The molecular weight excluding hydrogens is 524 g/mol. The number of nitrogens with one attached hydrogen (secondary N) is 4. The summed E-state index contributed by atoms with van der Waals surface area (Å²) in [5.41, 5.74) is 4.89. The van der Waals surface area contributed by atoms with Gasteiger partial charge >= 0.3 is 0 Å². The van der Waals surface area contributed by atoms with Crippen LogP contribution in [0.4, 0.5) is 0 Å². The van der Waals surface area contributed by atoms with E-state index in [4.69, 9.17) is 4.74 Å². The van der Waals surface area contributed by atoms with Crippen molar-refractivity contribution in [1.82, 2.24) is 21.3 Å². The molecule has 0 saturated heterocycles. The predicted molar refractivity (Wildman–Crippen MR) is 176 cm³/mol. The highest BCUT2D eigenvalue weighted by Gasteiger charge is 2.19. The fraction of sp³-hybridized carbons (Fsp3) is 0.543. The average Bonchev–Trinajstić information content (AvgIpc) is 2.94. The first-order valence-corrected chi connectivity index (χ1v) is 15.5. The van der Waals surface area contributed by atoms with Crippen LogP contribution in [0.5, 0.6) is 5.75 Å². The van der Waals surface area contributed by atoms with Gasteiger partial charge in [0.2, 0.25) is 11.8 Å². The lowest BCUT2D eigenvalue weighted by Gasteiger charge is -2.19. The van der Waals surface area contributed by atoms with E-state index in [1.165, 1.54) is 17.5 Å². The van der Waals surface area contributed by atoms with Crippen molar-refractivity contribution in [2.24, 2.45) is 0 Å². The Hall–Kier alpha value is -3.32. The fourth-order valence-corrected chi connectivity index (χ4v) is 4.12. The molecule has 1 aliphatic rings. The number of ether oxygens (including phenoxy) is 1. The Morgan fingerprint density at radius 3 is 2.31 bits per heavy atom. The van der Waals surface area contributed by atoms with Crippen molar-refractivity contribution in [3.05, 3.63) is 77.5 Å². The number of aryl methyl sites for hydroxylation is 2. The molecule has 0 radical (unpaired) electrons. The molecule has 0 bridgehead atoms. The molecule has 1 atom stereocenters. The van der Waals surface area contributed by atoms with Crippen molar-refractivity contribution in [2.75, 3.05) is 32.8 Å². The Bertz CT molecular complexity index is 1080. The number of para-hydroxylation sites is 1. The molecule has 2 aromatic carbocycles. The normalized spacial score (nSPS) is 17.1. The summed E-state index contributed by atoms with van der Waals surface area (Å²) in [5.74, 6) is 0.527. The molecule has 1 heterocycles. The lowest BCUT2D eigenvalue weighted by molar-refractivity contribution is -0.128. The minimum Gasteiger partial charge on any atom is -0.492 e. The summed E-state index contributed by atoms with van der Waals surface area (Å²) in [6.45, 7) is 21.4. The van der Waals surface area contributed by atoms with Gasteiger partial charge in [-0.1, -0.05) is 109 Å². The summed E-state index contributed by atoms with van der Waals surface area (Å²) in [6.07, 6.45) is 4.29. The monoisotopic (exact) mass is 580 g/mol. The van der Waals surface area contributed by atoms with E-state index in [1.54, 1.807) is 0 Å². The zero-order valence-electron chi connectivity index (χ0n) is 27.2. The highest BCUT2D eigenvalue weighted by Crippen LogP contribution is 2.22. The van der Waals surface area contributed by atoms with Crippen molar-refractivity contribution >= 4 is 11.8 Å². The van der Waals surface area contributed by atoms with Crippen LogP contribution >= 0.6 is 0 Å². The smallest absolute Gasteiger partial charge is 0.242 e. The number of rotatable bonds is 2. The summed E-state index contributed by atoms with van der Waals surface area (Å²) >= 11 is 0. The maximum Gasteiger partial charge on any atom is 0.242 e. The standard InChI is InChI=1S/C21H32N4O3.C11H16.C3H8/c1-3-7-18-21(27)23-11-6-9-17-8-4-5-10-19(17)28-13-12-22-14-16(2)24-15-20(26)25-18;1-9-6-5-7-10(8-9)11(2,3)4;1-3-2/h4-5,8,10,18,22,24H,2-3,6-7,9,11-15H2,1H3,(H,23,27)(H,25,26);5-8H,1-4H3;3H2,1-2H3. The van der Waals surface area contributed by atoms with Crippen LogP contribution in [0, 0.1) is 6.92 Å². The lowest BCUT2D eigenvalue weighted by Crippen LogP contribution is -2.49. The van der Waals surface area contributed by atoms with E-state index in [0.717, 1.165) is 30.6 Å². The molecule has 3 rings (SSSR count).